The summed E-state index contributed by atoms with van der Waals surface area (Å²) in [6.07, 6.45) is 5.76. The van der Waals surface area contributed by atoms with Crippen LogP contribution in [-0.4, -0.2) is 58.1 Å². The molecule has 4 aromatic rings. The lowest BCUT2D eigenvalue weighted by molar-refractivity contribution is -0.133. The van der Waals surface area contributed by atoms with Gasteiger partial charge in [0.2, 0.25) is 5.91 Å². The summed E-state index contributed by atoms with van der Waals surface area (Å²) in [4.78, 5) is 34.6. The Kier molecular flexibility index (Phi) is 7.58. The van der Waals surface area contributed by atoms with Crippen LogP contribution >= 0.6 is 0 Å². The maximum Gasteiger partial charge on any atom is 0.255 e. The van der Waals surface area contributed by atoms with Gasteiger partial charge in [-0.2, -0.15) is 5.10 Å². The van der Waals surface area contributed by atoms with Crippen molar-refractivity contribution in [2.45, 2.75) is 58.4 Å². The molecule has 1 atom stereocenters. The molecule has 0 radical (unpaired) electrons. The Labute approximate surface area is 246 Å². The van der Waals surface area contributed by atoms with Crippen LogP contribution in [0.5, 0.6) is 0 Å². The van der Waals surface area contributed by atoms with E-state index in [4.69, 9.17) is 0 Å². The van der Waals surface area contributed by atoms with Gasteiger partial charge in [-0.25, -0.2) is 4.98 Å². The molecule has 1 aliphatic carbocycles. The normalized spacial score (nSPS) is 17.0. The summed E-state index contributed by atoms with van der Waals surface area (Å²) in [7, 11) is 2.04. The van der Waals surface area contributed by atoms with E-state index in [1.165, 1.54) is 5.56 Å². The first-order valence-electron chi connectivity index (χ1n) is 14.9. The Hall–Kier alpha value is -4.40. The molecule has 0 bridgehead atoms. The third-order valence-corrected chi connectivity index (χ3v) is 8.51. The number of aryl methyl sites for hydroxylation is 1. The number of likely N-dealkylation sites (N-methyl/N-ethyl adjacent to an activating group) is 1. The summed E-state index contributed by atoms with van der Waals surface area (Å²) in [5.74, 6) is 1.59. The van der Waals surface area contributed by atoms with Crippen LogP contribution < -0.4 is 15.5 Å². The number of anilines is 4. The zero-order valence-electron chi connectivity index (χ0n) is 24.8. The average Bonchev–Trinajstić information content (AvgIpc) is 3.75. The Balaban J connectivity index is 1.20. The number of nitrogens with zero attached hydrogens (tertiary/aromatic N) is 4. The van der Waals surface area contributed by atoms with Gasteiger partial charge in [0.05, 0.1) is 11.1 Å². The maximum absolute atomic E-state index is 13.2. The Morgan fingerprint density at radius 2 is 1.90 bits per heavy atom. The standard InChI is InChI=1S/C33H39N7O2/c1-20(2)27-13-12-25(17-21(27)3)36-32(41)23-7-5-8-24(18-23)35-28-14-15-34-30-29(28)31(38-37-30)39(4)26-9-6-16-40(19-26)33(42)22-10-11-22/h5,7-8,12-15,17-18,20,22,26H,6,9-11,16,19H2,1-4H3,(H,36,41)(H2,34,35,37,38). The molecule has 2 amide bonds. The van der Waals surface area contributed by atoms with Gasteiger partial charge in [0.15, 0.2) is 11.5 Å². The van der Waals surface area contributed by atoms with Crippen LogP contribution in [0.1, 0.15) is 66.9 Å². The number of nitrogens with one attached hydrogen (secondary N) is 3. The summed E-state index contributed by atoms with van der Waals surface area (Å²) >= 11 is 0. The zero-order valence-corrected chi connectivity index (χ0v) is 24.8. The number of amides is 2. The van der Waals surface area contributed by atoms with Gasteiger partial charge in [0, 0.05) is 55.2 Å². The summed E-state index contributed by atoms with van der Waals surface area (Å²) in [6, 6.07) is 15.6. The first-order valence-corrected chi connectivity index (χ1v) is 14.9. The number of likely N-dealkylation sites (tertiary alicyclic amines) is 1. The molecule has 2 aromatic carbocycles. The Morgan fingerprint density at radius 3 is 2.67 bits per heavy atom. The van der Waals surface area contributed by atoms with Crippen molar-refractivity contribution in [2.24, 2.45) is 5.92 Å². The van der Waals surface area contributed by atoms with Crippen LogP contribution in [0.2, 0.25) is 0 Å². The number of hydrogen-bond acceptors (Lipinski definition) is 6. The fraction of sp³-hybridized carbons (Fsp3) is 0.394. The first-order chi connectivity index (χ1) is 20.3. The molecule has 42 heavy (non-hydrogen) atoms. The van der Waals surface area contributed by atoms with Crippen LogP contribution in [0, 0.1) is 12.8 Å². The number of pyridine rings is 1. The third kappa shape index (κ3) is 5.68. The van der Waals surface area contributed by atoms with Crippen molar-refractivity contribution < 1.29 is 9.59 Å². The van der Waals surface area contributed by atoms with E-state index < -0.39 is 0 Å². The van der Waals surface area contributed by atoms with Crippen LogP contribution in [-0.2, 0) is 4.79 Å². The van der Waals surface area contributed by atoms with Gasteiger partial charge < -0.3 is 20.4 Å². The molecule has 0 spiro atoms. The first kappa shape index (κ1) is 27.8. The molecule has 2 aliphatic rings. The van der Waals surface area contributed by atoms with Crippen LogP contribution in [0.3, 0.4) is 0 Å². The van der Waals surface area contributed by atoms with Gasteiger partial charge >= 0.3 is 0 Å². The number of H-pyrrole nitrogens is 1. The quantitative estimate of drug-likeness (QED) is 0.234. The molecule has 6 rings (SSSR count). The van der Waals surface area contributed by atoms with E-state index in [0.29, 0.717) is 29.6 Å². The molecule has 1 unspecified atom stereocenters. The molecule has 1 saturated heterocycles. The van der Waals surface area contributed by atoms with Crippen molar-refractivity contribution in [2.75, 3.05) is 35.7 Å². The van der Waals surface area contributed by atoms with Crippen molar-refractivity contribution in [3.8, 4) is 0 Å². The van der Waals surface area contributed by atoms with Crippen molar-refractivity contribution in [1.29, 1.82) is 0 Å². The molecule has 9 heteroatoms. The molecule has 2 aromatic heterocycles. The molecular weight excluding hydrogens is 526 g/mol. The van der Waals surface area contributed by atoms with Crippen molar-refractivity contribution in [1.82, 2.24) is 20.1 Å². The lowest BCUT2D eigenvalue weighted by Gasteiger charge is -2.38. The summed E-state index contributed by atoms with van der Waals surface area (Å²) in [5.41, 5.74) is 6.09. The van der Waals surface area contributed by atoms with Crippen LogP contribution in [0.4, 0.5) is 22.9 Å². The SMILES string of the molecule is Cc1cc(NC(=O)c2cccc(Nc3ccnc4[nH]nc(N(C)C5CCCN(C(=O)C6CC6)C5)c34)c2)ccc1C(C)C. The van der Waals surface area contributed by atoms with Gasteiger partial charge in [-0.05, 0) is 86.1 Å². The average molecular weight is 566 g/mol. The highest BCUT2D eigenvalue weighted by molar-refractivity contribution is 6.05. The number of aromatic nitrogens is 3. The second kappa shape index (κ2) is 11.5. The van der Waals surface area contributed by atoms with Gasteiger partial charge in [-0.15, -0.1) is 0 Å². The van der Waals surface area contributed by atoms with Crippen molar-refractivity contribution >= 4 is 45.7 Å². The number of carbonyl (C=O) groups excluding carboxylic acids is 2. The van der Waals surface area contributed by atoms with E-state index >= 15 is 0 Å². The molecule has 3 N–H and O–H groups in total. The second-order valence-corrected chi connectivity index (χ2v) is 12.0. The van der Waals surface area contributed by atoms with E-state index in [0.717, 1.165) is 66.1 Å². The summed E-state index contributed by atoms with van der Waals surface area (Å²) < 4.78 is 0. The Bertz CT molecular complexity index is 1620. The van der Waals surface area contributed by atoms with E-state index in [2.05, 4.69) is 57.6 Å². The lowest BCUT2D eigenvalue weighted by Crippen LogP contribution is -2.49. The highest BCUT2D eigenvalue weighted by Crippen LogP contribution is 2.35. The minimum absolute atomic E-state index is 0.165. The number of fused-ring (bicyclic) bond motifs is 1. The molecular formula is C33H39N7O2. The third-order valence-electron chi connectivity index (χ3n) is 8.51. The molecule has 9 nitrogen and oxygen atoms in total. The van der Waals surface area contributed by atoms with Crippen molar-refractivity contribution in [3.63, 3.8) is 0 Å². The fourth-order valence-electron chi connectivity index (χ4n) is 6.02. The molecule has 1 saturated carbocycles. The fourth-order valence-corrected chi connectivity index (χ4v) is 6.02. The maximum atomic E-state index is 13.2. The van der Waals surface area contributed by atoms with E-state index in [1.807, 2.05) is 54.4 Å². The highest BCUT2D eigenvalue weighted by atomic mass is 16.2. The zero-order chi connectivity index (χ0) is 29.4. The number of piperidine rings is 1. The number of aromatic amines is 1. The van der Waals surface area contributed by atoms with E-state index in [1.54, 1.807) is 6.20 Å². The number of rotatable bonds is 8. The van der Waals surface area contributed by atoms with Gasteiger partial charge in [0.1, 0.15) is 0 Å². The summed E-state index contributed by atoms with van der Waals surface area (Å²) in [6.45, 7) is 7.95. The molecule has 218 valence electrons. The highest BCUT2D eigenvalue weighted by Gasteiger charge is 2.36. The summed E-state index contributed by atoms with van der Waals surface area (Å²) in [5, 5.41) is 15.1. The molecule has 2 fully saturated rings. The monoisotopic (exact) mass is 565 g/mol. The predicted molar refractivity (Wildman–Crippen MR) is 168 cm³/mol. The van der Waals surface area contributed by atoms with Gasteiger partial charge in [0.25, 0.3) is 5.91 Å². The largest absolute Gasteiger partial charge is 0.355 e. The topological polar surface area (TPSA) is 106 Å². The molecule has 1 aliphatic heterocycles. The van der Waals surface area contributed by atoms with Crippen molar-refractivity contribution in [3.05, 3.63) is 71.4 Å². The van der Waals surface area contributed by atoms with Gasteiger partial charge in [-0.3, -0.25) is 14.7 Å². The predicted octanol–water partition coefficient (Wildman–Crippen LogP) is 6.22. The number of benzene rings is 2. The Morgan fingerprint density at radius 1 is 1.07 bits per heavy atom. The van der Waals surface area contributed by atoms with E-state index in [9.17, 15) is 9.59 Å². The minimum atomic E-state index is -0.165. The van der Waals surface area contributed by atoms with Crippen LogP contribution in [0.15, 0.2) is 54.7 Å². The smallest absolute Gasteiger partial charge is 0.255 e. The second-order valence-electron chi connectivity index (χ2n) is 12.0. The molecule has 3 heterocycles. The number of hydrogen-bond donors (Lipinski definition) is 3. The van der Waals surface area contributed by atoms with Crippen LogP contribution in [0.25, 0.3) is 11.0 Å². The number of carbonyl (C=O) groups is 2. The lowest BCUT2D eigenvalue weighted by atomic mass is 9.97. The van der Waals surface area contributed by atoms with E-state index in [-0.39, 0.29) is 17.9 Å². The minimum Gasteiger partial charge on any atom is -0.355 e. The van der Waals surface area contributed by atoms with Gasteiger partial charge in [-0.1, -0.05) is 26.0 Å².